The molecule has 0 spiro atoms. The topological polar surface area (TPSA) is 55.3 Å². The summed E-state index contributed by atoms with van der Waals surface area (Å²) < 4.78 is 19.8. The third-order valence-corrected chi connectivity index (χ3v) is 4.72. The standard InChI is InChI=1S/C16H18FN3O2S/c1-2-13-15(17)16(19-10-18-13)22-11-5-6-20(9-11)14(21)8-12-4-3-7-23-12/h3-4,7,10-11H,2,5-6,8-9H2,1H3. The zero-order valence-electron chi connectivity index (χ0n) is 12.9. The average Bonchev–Trinajstić information content (AvgIpc) is 3.21. The van der Waals surface area contributed by atoms with E-state index in [1.165, 1.54) is 6.33 Å². The third kappa shape index (κ3) is 3.67. The first-order valence-corrected chi connectivity index (χ1v) is 8.51. The normalized spacial score (nSPS) is 17.5. The second-order valence-electron chi connectivity index (χ2n) is 5.42. The quantitative estimate of drug-likeness (QED) is 0.842. The van der Waals surface area contributed by atoms with Gasteiger partial charge in [-0.3, -0.25) is 4.79 Å². The predicted molar refractivity (Wildman–Crippen MR) is 85.0 cm³/mol. The molecule has 7 heteroatoms. The average molecular weight is 335 g/mol. The Labute approximate surface area is 138 Å². The molecule has 122 valence electrons. The summed E-state index contributed by atoms with van der Waals surface area (Å²) in [5.41, 5.74) is 0.346. The van der Waals surface area contributed by atoms with Crippen molar-refractivity contribution in [1.82, 2.24) is 14.9 Å². The van der Waals surface area contributed by atoms with Crippen LogP contribution in [0.1, 0.15) is 23.9 Å². The van der Waals surface area contributed by atoms with Crippen LogP contribution in [0.4, 0.5) is 4.39 Å². The Kier molecular flexibility index (Phi) is 4.85. The lowest BCUT2D eigenvalue weighted by atomic mass is 10.3. The van der Waals surface area contributed by atoms with Gasteiger partial charge in [-0.1, -0.05) is 13.0 Å². The van der Waals surface area contributed by atoms with Crippen molar-refractivity contribution in [2.45, 2.75) is 32.3 Å². The second kappa shape index (κ2) is 7.04. The largest absolute Gasteiger partial charge is 0.470 e. The molecule has 23 heavy (non-hydrogen) atoms. The first-order chi connectivity index (χ1) is 11.2. The number of amides is 1. The van der Waals surface area contributed by atoms with E-state index in [9.17, 15) is 9.18 Å². The summed E-state index contributed by atoms with van der Waals surface area (Å²) in [5.74, 6) is -0.441. The van der Waals surface area contributed by atoms with Gasteiger partial charge in [0.1, 0.15) is 12.4 Å². The van der Waals surface area contributed by atoms with Crippen LogP contribution in [0.15, 0.2) is 23.8 Å². The number of hydrogen-bond donors (Lipinski definition) is 0. The fourth-order valence-corrected chi connectivity index (χ4v) is 3.30. The zero-order chi connectivity index (χ0) is 16.2. The van der Waals surface area contributed by atoms with Gasteiger partial charge in [-0.25, -0.2) is 4.98 Å². The van der Waals surface area contributed by atoms with Crippen molar-refractivity contribution < 1.29 is 13.9 Å². The molecule has 3 rings (SSSR count). The van der Waals surface area contributed by atoms with Crippen LogP contribution in [0.5, 0.6) is 5.88 Å². The molecular formula is C16H18FN3O2S. The highest BCUT2D eigenvalue weighted by Gasteiger charge is 2.29. The summed E-state index contributed by atoms with van der Waals surface area (Å²) in [6, 6.07) is 3.89. The molecule has 1 unspecified atom stereocenters. The molecule has 1 saturated heterocycles. The number of ether oxygens (including phenoxy) is 1. The van der Waals surface area contributed by atoms with Crippen molar-refractivity contribution >= 4 is 17.2 Å². The monoisotopic (exact) mass is 335 g/mol. The lowest BCUT2D eigenvalue weighted by Crippen LogP contribution is -2.32. The van der Waals surface area contributed by atoms with Crippen LogP contribution in [-0.4, -0.2) is 40.0 Å². The molecule has 0 aromatic carbocycles. The van der Waals surface area contributed by atoms with Gasteiger partial charge in [-0.15, -0.1) is 11.3 Å². The van der Waals surface area contributed by atoms with E-state index in [-0.39, 0.29) is 17.9 Å². The number of aromatic nitrogens is 2. The highest BCUT2D eigenvalue weighted by molar-refractivity contribution is 7.10. The van der Waals surface area contributed by atoms with Crippen LogP contribution in [0.3, 0.4) is 0 Å². The molecule has 1 aliphatic rings. The molecule has 1 aliphatic heterocycles. The van der Waals surface area contributed by atoms with Gasteiger partial charge in [0.15, 0.2) is 0 Å². The van der Waals surface area contributed by atoms with Crippen molar-refractivity contribution in [3.05, 3.63) is 40.2 Å². The van der Waals surface area contributed by atoms with E-state index >= 15 is 0 Å². The highest BCUT2D eigenvalue weighted by atomic mass is 32.1. The van der Waals surface area contributed by atoms with Gasteiger partial charge in [0, 0.05) is 17.8 Å². The number of carbonyl (C=O) groups is 1. The van der Waals surface area contributed by atoms with E-state index in [2.05, 4.69) is 9.97 Å². The number of rotatable bonds is 5. The van der Waals surface area contributed by atoms with Gasteiger partial charge in [0.2, 0.25) is 11.7 Å². The Balaban J connectivity index is 1.59. The third-order valence-electron chi connectivity index (χ3n) is 3.85. The van der Waals surface area contributed by atoms with Crippen molar-refractivity contribution in [1.29, 1.82) is 0 Å². The lowest BCUT2D eigenvalue weighted by molar-refractivity contribution is -0.129. The maximum absolute atomic E-state index is 14.1. The summed E-state index contributed by atoms with van der Waals surface area (Å²) >= 11 is 1.57. The number of nitrogens with zero attached hydrogens (tertiary/aromatic N) is 3. The summed E-state index contributed by atoms with van der Waals surface area (Å²) in [6.07, 6.45) is 2.66. The van der Waals surface area contributed by atoms with Crippen LogP contribution in [0.25, 0.3) is 0 Å². The summed E-state index contributed by atoms with van der Waals surface area (Å²) in [6.45, 7) is 2.92. The van der Waals surface area contributed by atoms with Crippen LogP contribution < -0.4 is 4.74 Å². The van der Waals surface area contributed by atoms with Gasteiger partial charge in [-0.2, -0.15) is 9.37 Å². The Hall–Kier alpha value is -2.02. The van der Waals surface area contributed by atoms with Gasteiger partial charge in [0.05, 0.1) is 18.7 Å². The minimum absolute atomic E-state index is 0.0191. The highest BCUT2D eigenvalue weighted by Crippen LogP contribution is 2.21. The number of halogens is 1. The molecule has 1 fully saturated rings. The molecule has 0 bridgehead atoms. The molecule has 2 aromatic heterocycles. The van der Waals surface area contributed by atoms with E-state index in [1.54, 1.807) is 16.2 Å². The number of aryl methyl sites for hydroxylation is 1. The molecule has 5 nitrogen and oxygen atoms in total. The predicted octanol–water partition coefficient (Wildman–Crippen LogP) is 2.46. The first-order valence-electron chi connectivity index (χ1n) is 7.63. The summed E-state index contributed by atoms with van der Waals surface area (Å²) in [7, 11) is 0. The number of thiophene rings is 1. The number of hydrogen-bond acceptors (Lipinski definition) is 5. The Morgan fingerprint density at radius 3 is 3.13 bits per heavy atom. The second-order valence-corrected chi connectivity index (χ2v) is 6.45. The fraction of sp³-hybridized carbons (Fsp3) is 0.438. The molecular weight excluding hydrogens is 317 g/mol. The maximum Gasteiger partial charge on any atom is 0.254 e. The zero-order valence-corrected chi connectivity index (χ0v) is 13.7. The molecule has 0 N–H and O–H groups in total. The molecule has 1 amide bonds. The van der Waals surface area contributed by atoms with Crippen LogP contribution in [-0.2, 0) is 17.6 Å². The lowest BCUT2D eigenvalue weighted by Gasteiger charge is -2.17. The van der Waals surface area contributed by atoms with E-state index < -0.39 is 5.82 Å². The molecule has 1 atom stereocenters. The van der Waals surface area contributed by atoms with Crippen LogP contribution >= 0.6 is 11.3 Å². The molecule has 2 aromatic rings. The molecule has 0 saturated carbocycles. The number of likely N-dealkylation sites (tertiary alicyclic amines) is 1. The van der Waals surface area contributed by atoms with Crippen LogP contribution in [0, 0.1) is 5.82 Å². The van der Waals surface area contributed by atoms with E-state index in [1.807, 2.05) is 24.4 Å². The Bertz CT molecular complexity index is 678. The smallest absolute Gasteiger partial charge is 0.254 e. The van der Waals surface area contributed by atoms with E-state index in [0.717, 1.165) is 4.88 Å². The van der Waals surface area contributed by atoms with Crippen molar-refractivity contribution in [3.63, 3.8) is 0 Å². The summed E-state index contributed by atoms with van der Waals surface area (Å²) in [5, 5.41) is 1.96. The van der Waals surface area contributed by atoms with E-state index in [4.69, 9.17) is 4.74 Å². The maximum atomic E-state index is 14.1. The Morgan fingerprint density at radius 2 is 2.39 bits per heavy atom. The summed E-state index contributed by atoms with van der Waals surface area (Å²) in [4.78, 5) is 22.8. The van der Waals surface area contributed by atoms with E-state index in [0.29, 0.717) is 38.0 Å². The minimum atomic E-state index is -0.502. The minimum Gasteiger partial charge on any atom is -0.470 e. The van der Waals surface area contributed by atoms with Gasteiger partial charge < -0.3 is 9.64 Å². The SMILES string of the molecule is CCc1ncnc(OC2CCN(C(=O)Cc3cccs3)C2)c1F. The molecule has 3 heterocycles. The van der Waals surface area contributed by atoms with Crippen LogP contribution in [0.2, 0.25) is 0 Å². The number of carbonyl (C=O) groups excluding carboxylic acids is 1. The Morgan fingerprint density at radius 1 is 1.52 bits per heavy atom. The van der Waals surface area contributed by atoms with Crippen molar-refractivity contribution in [3.8, 4) is 5.88 Å². The fourth-order valence-electron chi connectivity index (χ4n) is 2.60. The first kappa shape index (κ1) is 15.9. The van der Waals surface area contributed by atoms with Gasteiger partial charge >= 0.3 is 0 Å². The van der Waals surface area contributed by atoms with Crippen molar-refractivity contribution in [2.24, 2.45) is 0 Å². The van der Waals surface area contributed by atoms with Crippen molar-refractivity contribution in [2.75, 3.05) is 13.1 Å². The van der Waals surface area contributed by atoms with Gasteiger partial charge in [0.25, 0.3) is 5.88 Å². The molecule has 0 radical (unpaired) electrons. The molecule has 0 aliphatic carbocycles. The van der Waals surface area contributed by atoms with Gasteiger partial charge in [-0.05, 0) is 17.9 Å².